The van der Waals surface area contributed by atoms with Crippen LogP contribution in [-0.2, 0) is 14.8 Å². The first-order chi connectivity index (χ1) is 12.0. The molecule has 0 aromatic heterocycles. The van der Waals surface area contributed by atoms with E-state index >= 15 is 0 Å². The van der Waals surface area contributed by atoms with Gasteiger partial charge in [-0.1, -0.05) is 6.92 Å². The number of hydrogen-bond donors (Lipinski definition) is 2. The zero-order chi connectivity index (χ0) is 19.6. The lowest BCUT2D eigenvalue weighted by Crippen LogP contribution is -2.39. The Hall–Kier alpha value is -1.93. The second-order valence-electron chi connectivity index (χ2n) is 7.04. The summed E-state index contributed by atoms with van der Waals surface area (Å²) >= 11 is 0. The van der Waals surface area contributed by atoms with Crippen LogP contribution in [0.5, 0.6) is 0 Å². The zero-order valence-electron chi connectivity index (χ0n) is 15.6. The van der Waals surface area contributed by atoms with Gasteiger partial charge in [-0.15, -0.1) is 0 Å². The Bertz CT molecular complexity index is 811. The van der Waals surface area contributed by atoms with Crippen LogP contribution in [0.15, 0.2) is 17.0 Å². The zero-order valence-corrected chi connectivity index (χ0v) is 16.4. The lowest BCUT2D eigenvalue weighted by Gasteiger charge is -2.30. The first kappa shape index (κ1) is 20.4. The molecule has 1 aliphatic rings. The van der Waals surface area contributed by atoms with Crippen molar-refractivity contribution < 1.29 is 23.1 Å². The van der Waals surface area contributed by atoms with Gasteiger partial charge in [-0.25, -0.2) is 8.42 Å². The Morgan fingerprint density at radius 3 is 2.35 bits per heavy atom. The van der Waals surface area contributed by atoms with Crippen molar-refractivity contribution in [2.24, 2.45) is 5.92 Å². The smallest absolute Gasteiger partial charge is 0.325 e. The standard InChI is InChI=1S/C18H26N2O5S/c1-11-5-7-20(8-6-11)26(24,25)16-10-15(9-12(2)13(16)3)17(21)19-14(4)18(22)23/h9-11,14H,5-8H2,1-4H3,(H,19,21)(H,22,23)/t14-/m0/s1. The third kappa shape index (κ3) is 4.24. The minimum absolute atomic E-state index is 0.111. The van der Waals surface area contributed by atoms with E-state index in [-0.39, 0.29) is 10.5 Å². The molecule has 144 valence electrons. The molecule has 0 bridgehead atoms. The molecule has 7 nitrogen and oxygen atoms in total. The van der Waals surface area contributed by atoms with E-state index < -0.39 is 27.9 Å². The number of hydrogen-bond acceptors (Lipinski definition) is 4. The lowest BCUT2D eigenvalue weighted by atomic mass is 10.0. The quantitative estimate of drug-likeness (QED) is 0.810. The molecule has 0 saturated carbocycles. The Balaban J connectivity index is 2.38. The van der Waals surface area contributed by atoms with Crippen molar-refractivity contribution in [2.45, 2.75) is 51.5 Å². The largest absolute Gasteiger partial charge is 0.480 e. The van der Waals surface area contributed by atoms with Crippen LogP contribution >= 0.6 is 0 Å². The number of aliphatic carboxylic acids is 1. The number of benzene rings is 1. The van der Waals surface area contributed by atoms with Crippen LogP contribution in [0, 0.1) is 19.8 Å². The van der Waals surface area contributed by atoms with Crippen LogP contribution in [0.4, 0.5) is 0 Å². The van der Waals surface area contributed by atoms with E-state index in [1.54, 1.807) is 19.9 Å². The SMILES string of the molecule is Cc1cc(C(=O)N[C@@H](C)C(=O)O)cc(S(=O)(=O)N2CCC(C)CC2)c1C. The molecule has 8 heteroatoms. The van der Waals surface area contributed by atoms with Gasteiger partial charge in [0.25, 0.3) is 5.91 Å². The number of piperidine rings is 1. The third-order valence-corrected chi connectivity index (χ3v) is 6.99. The number of aryl methyl sites for hydroxylation is 1. The maximum Gasteiger partial charge on any atom is 0.325 e. The Labute approximate surface area is 154 Å². The minimum atomic E-state index is -3.70. The second kappa shape index (κ2) is 7.75. The molecule has 0 unspecified atom stereocenters. The molecule has 1 atom stereocenters. The van der Waals surface area contributed by atoms with Crippen LogP contribution in [0.1, 0.15) is 48.2 Å². The molecule has 1 aliphatic heterocycles. The maximum absolute atomic E-state index is 13.1. The predicted molar refractivity (Wildman–Crippen MR) is 97.6 cm³/mol. The second-order valence-corrected chi connectivity index (χ2v) is 8.94. The molecule has 1 heterocycles. The van der Waals surface area contributed by atoms with Crippen molar-refractivity contribution in [1.82, 2.24) is 9.62 Å². The third-order valence-electron chi connectivity index (χ3n) is 4.96. The molecule has 0 radical (unpaired) electrons. The van der Waals surface area contributed by atoms with E-state index in [0.29, 0.717) is 30.1 Å². The van der Waals surface area contributed by atoms with Gasteiger partial charge >= 0.3 is 5.97 Å². The fourth-order valence-electron chi connectivity index (χ4n) is 2.93. The molecule has 1 amide bonds. The van der Waals surface area contributed by atoms with Crippen LogP contribution in [0.25, 0.3) is 0 Å². The number of carboxylic acid groups (broad SMARTS) is 1. The molecule has 26 heavy (non-hydrogen) atoms. The predicted octanol–water partition coefficient (Wildman–Crippen LogP) is 1.93. The minimum Gasteiger partial charge on any atom is -0.480 e. The Kier molecular flexibility index (Phi) is 6.08. The van der Waals surface area contributed by atoms with E-state index in [1.807, 2.05) is 0 Å². The van der Waals surface area contributed by atoms with Gasteiger partial charge < -0.3 is 10.4 Å². The molecule has 1 saturated heterocycles. The van der Waals surface area contributed by atoms with Crippen molar-refractivity contribution in [1.29, 1.82) is 0 Å². The van der Waals surface area contributed by atoms with E-state index in [2.05, 4.69) is 12.2 Å². The number of sulfonamides is 1. The first-order valence-corrected chi connectivity index (χ1v) is 10.1. The molecule has 1 aromatic rings. The monoisotopic (exact) mass is 382 g/mol. The van der Waals surface area contributed by atoms with Gasteiger partial charge in [-0.05, 0) is 62.8 Å². The van der Waals surface area contributed by atoms with E-state index in [4.69, 9.17) is 5.11 Å². The molecule has 1 aromatic carbocycles. The summed E-state index contributed by atoms with van der Waals surface area (Å²) in [7, 11) is -3.70. The van der Waals surface area contributed by atoms with Crippen LogP contribution in [-0.4, -0.2) is 48.8 Å². The van der Waals surface area contributed by atoms with Crippen LogP contribution in [0.3, 0.4) is 0 Å². The number of nitrogens with zero attached hydrogens (tertiary/aromatic N) is 1. The van der Waals surface area contributed by atoms with Gasteiger partial charge in [0.2, 0.25) is 10.0 Å². The summed E-state index contributed by atoms with van der Waals surface area (Å²) in [6, 6.07) is 1.86. The molecule has 0 spiro atoms. The highest BCUT2D eigenvalue weighted by atomic mass is 32.2. The van der Waals surface area contributed by atoms with E-state index in [1.165, 1.54) is 17.3 Å². The van der Waals surface area contributed by atoms with Gasteiger partial charge in [-0.2, -0.15) is 4.31 Å². The first-order valence-electron chi connectivity index (χ1n) is 8.69. The summed E-state index contributed by atoms with van der Waals surface area (Å²) in [5, 5.41) is 11.3. The number of amides is 1. The van der Waals surface area contributed by atoms with Crippen molar-refractivity contribution >= 4 is 21.9 Å². The summed E-state index contributed by atoms with van der Waals surface area (Å²) in [6.07, 6.45) is 1.63. The summed E-state index contributed by atoms with van der Waals surface area (Å²) in [5.41, 5.74) is 1.42. The number of rotatable bonds is 5. The molecule has 1 fully saturated rings. The Morgan fingerprint density at radius 1 is 1.23 bits per heavy atom. The summed E-state index contributed by atoms with van der Waals surface area (Å²) in [6.45, 7) is 7.85. The van der Waals surface area contributed by atoms with Gasteiger partial charge in [0.15, 0.2) is 0 Å². The van der Waals surface area contributed by atoms with Crippen LogP contribution < -0.4 is 5.32 Å². The fourth-order valence-corrected chi connectivity index (χ4v) is 4.73. The number of carboxylic acids is 1. The highest BCUT2D eigenvalue weighted by Gasteiger charge is 2.30. The fraction of sp³-hybridized carbons (Fsp3) is 0.556. The Morgan fingerprint density at radius 2 is 1.81 bits per heavy atom. The van der Waals surface area contributed by atoms with Crippen molar-refractivity contribution in [3.05, 3.63) is 28.8 Å². The average molecular weight is 382 g/mol. The molecule has 2 N–H and O–H groups in total. The molecular formula is C18H26N2O5S. The normalized spacial score (nSPS) is 17.7. The van der Waals surface area contributed by atoms with Crippen molar-refractivity contribution in [2.75, 3.05) is 13.1 Å². The maximum atomic E-state index is 13.1. The number of nitrogens with one attached hydrogen (secondary N) is 1. The van der Waals surface area contributed by atoms with Crippen LogP contribution in [0.2, 0.25) is 0 Å². The van der Waals surface area contributed by atoms with Gasteiger partial charge in [-0.3, -0.25) is 9.59 Å². The summed E-state index contributed by atoms with van der Waals surface area (Å²) < 4.78 is 27.6. The highest BCUT2D eigenvalue weighted by molar-refractivity contribution is 7.89. The lowest BCUT2D eigenvalue weighted by molar-refractivity contribution is -0.138. The van der Waals surface area contributed by atoms with Gasteiger partial charge in [0.05, 0.1) is 4.90 Å². The van der Waals surface area contributed by atoms with Gasteiger partial charge in [0.1, 0.15) is 6.04 Å². The van der Waals surface area contributed by atoms with Gasteiger partial charge in [0, 0.05) is 18.7 Å². The van der Waals surface area contributed by atoms with Crippen molar-refractivity contribution in [3.8, 4) is 0 Å². The molecule has 0 aliphatic carbocycles. The van der Waals surface area contributed by atoms with E-state index in [0.717, 1.165) is 12.8 Å². The van der Waals surface area contributed by atoms with E-state index in [9.17, 15) is 18.0 Å². The number of carbonyl (C=O) groups excluding carboxylic acids is 1. The summed E-state index contributed by atoms with van der Waals surface area (Å²) in [5.74, 6) is -1.26. The topological polar surface area (TPSA) is 104 Å². The highest BCUT2D eigenvalue weighted by Crippen LogP contribution is 2.28. The molecular weight excluding hydrogens is 356 g/mol. The summed E-state index contributed by atoms with van der Waals surface area (Å²) in [4.78, 5) is 23.4. The molecule has 2 rings (SSSR count). The van der Waals surface area contributed by atoms with Crippen molar-refractivity contribution in [3.63, 3.8) is 0 Å². The average Bonchev–Trinajstić information content (AvgIpc) is 2.57. The number of carbonyl (C=O) groups is 2.